The van der Waals surface area contributed by atoms with E-state index in [1.165, 1.54) is 11.8 Å². The molecule has 1 aliphatic heterocycles. The van der Waals surface area contributed by atoms with Crippen molar-refractivity contribution >= 4 is 29.3 Å². The summed E-state index contributed by atoms with van der Waals surface area (Å²) < 4.78 is 59.5. The Morgan fingerprint density at radius 3 is 2.74 bits per heavy atom. The molecule has 1 N–H and O–H groups in total. The fourth-order valence-electron chi connectivity index (χ4n) is 3.24. The van der Waals surface area contributed by atoms with E-state index in [9.17, 15) is 27.2 Å². The van der Waals surface area contributed by atoms with Crippen molar-refractivity contribution in [3.05, 3.63) is 59.4 Å². The number of nitrogens with zero attached hydrogens (tertiary/aromatic N) is 1. The number of thioether (sulfide) groups is 1. The van der Waals surface area contributed by atoms with Crippen LogP contribution in [0.3, 0.4) is 0 Å². The Morgan fingerprint density at radius 2 is 2.03 bits per heavy atom. The number of nitrogens with one attached hydrogen (secondary N) is 1. The lowest BCUT2D eigenvalue weighted by Crippen LogP contribution is -2.31. The van der Waals surface area contributed by atoms with Gasteiger partial charge in [-0.3, -0.25) is 9.59 Å². The molecule has 1 unspecified atom stereocenters. The summed E-state index contributed by atoms with van der Waals surface area (Å²) >= 11 is 1.04. The monoisotopic (exact) mass is 456 g/mol. The molecule has 5 nitrogen and oxygen atoms in total. The molecule has 0 saturated carbocycles. The van der Waals surface area contributed by atoms with Gasteiger partial charge in [-0.15, -0.1) is 11.8 Å². The fourth-order valence-corrected chi connectivity index (χ4v) is 4.49. The summed E-state index contributed by atoms with van der Waals surface area (Å²) in [6.45, 7) is 1.76. The van der Waals surface area contributed by atoms with E-state index in [-0.39, 0.29) is 36.3 Å². The van der Waals surface area contributed by atoms with Crippen molar-refractivity contribution in [3.8, 4) is 5.75 Å². The van der Waals surface area contributed by atoms with Gasteiger partial charge in [0.15, 0.2) is 0 Å². The van der Waals surface area contributed by atoms with Crippen molar-refractivity contribution < 1.29 is 31.9 Å². The van der Waals surface area contributed by atoms with E-state index in [1.54, 1.807) is 24.3 Å². The van der Waals surface area contributed by atoms with Crippen LogP contribution in [0.15, 0.2) is 42.5 Å². The van der Waals surface area contributed by atoms with Crippen molar-refractivity contribution in [3.63, 3.8) is 0 Å². The molecule has 1 aliphatic rings. The van der Waals surface area contributed by atoms with Crippen LogP contribution in [0.25, 0.3) is 0 Å². The second kappa shape index (κ2) is 9.59. The van der Waals surface area contributed by atoms with Gasteiger partial charge in [-0.2, -0.15) is 13.2 Å². The van der Waals surface area contributed by atoms with E-state index in [0.29, 0.717) is 23.9 Å². The third-order valence-corrected chi connectivity index (χ3v) is 5.76. The average Bonchev–Trinajstić information content (AvgIpc) is 3.04. The number of carbonyl (C=O) groups excluding carboxylic acids is 2. The number of amides is 2. The van der Waals surface area contributed by atoms with E-state index < -0.39 is 22.9 Å². The number of ether oxygens (including phenoxy) is 1. The van der Waals surface area contributed by atoms with Crippen LogP contribution >= 0.6 is 11.8 Å². The molecule has 1 atom stereocenters. The van der Waals surface area contributed by atoms with Gasteiger partial charge in [-0.25, -0.2) is 4.39 Å². The molecule has 0 bridgehead atoms. The molecule has 10 heteroatoms. The highest BCUT2D eigenvalue weighted by Crippen LogP contribution is 2.44. The number of anilines is 1. The van der Waals surface area contributed by atoms with Gasteiger partial charge in [0, 0.05) is 25.2 Å². The van der Waals surface area contributed by atoms with Crippen molar-refractivity contribution in [1.82, 2.24) is 4.90 Å². The highest BCUT2D eigenvalue weighted by molar-refractivity contribution is 8.00. The molecule has 1 saturated heterocycles. The molecule has 0 spiro atoms. The summed E-state index contributed by atoms with van der Waals surface area (Å²) in [6.07, 6.45) is -4.28. The van der Waals surface area contributed by atoms with E-state index in [1.807, 2.05) is 0 Å². The number of alkyl halides is 3. The maximum Gasteiger partial charge on any atom is 0.416 e. The first kappa shape index (κ1) is 22.9. The van der Waals surface area contributed by atoms with Crippen LogP contribution in [0.1, 0.15) is 29.8 Å². The summed E-state index contributed by atoms with van der Waals surface area (Å²) in [5, 5.41) is 1.72. The van der Waals surface area contributed by atoms with Crippen LogP contribution in [0, 0.1) is 5.82 Å². The van der Waals surface area contributed by atoms with Gasteiger partial charge in [-0.05, 0) is 42.3 Å². The molecule has 2 amide bonds. The minimum absolute atomic E-state index is 0.0259. The lowest BCUT2D eigenvalue weighted by atomic mass is 10.1. The lowest BCUT2D eigenvalue weighted by molar-refractivity contribution is -0.139. The molecular weight excluding hydrogens is 436 g/mol. The Labute approximate surface area is 180 Å². The van der Waals surface area contributed by atoms with E-state index in [2.05, 4.69) is 5.32 Å². The van der Waals surface area contributed by atoms with Crippen LogP contribution in [0.4, 0.5) is 23.2 Å². The largest absolute Gasteiger partial charge is 0.493 e. The predicted octanol–water partition coefficient (Wildman–Crippen LogP) is 4.85. The molecule has 0 aromatic heterocycles. The summed E-state index contributed by atoms with van der Waals surface area (Å²) in [5.74, 6) is -0.776. The van der Waals surface area contributed by atoms with Crippen LogP contribution < -0.4 is 10.1 Å². The van der Waals surface area contributed by atoms with Gasteiger partial charge in [0.1, 0.15) is 16.9 Å². The van der Waals surface area contributed by atoms with Crippen LogP contribution in [0.2, 0.25) is 0 Å². The normalized spacial score (nSPS) is 16.5. The molecule has 2 aromatic carbocycles. The predicted molar refractivity (Wildman–Crippen MR) is 109 cm³/mol. The molecular formula is C21H20F4N2O3S. The minimum atomic E-state index is -4.65. The zero-order valence-corrected chi connectivity index (χ0v) is 17.4. The zero-order valence-electron chi connectivity index (χ0n) is 16.5. The van der Waals surface area contributed by atoms with Crippen molar-refractivity contribution in [2.24, 2.45) is 0 Å². The average molecular weight is 456 g/mol. The maximum absolute atomic E-state index is 13.7. The van der Waals surface area contributed by atoms with Gasteiger partial charge in [-0.1, -0.05) is 6.07 Å². The van der Waals surface area contributed by atoms with Crippen LogP contribution in [-0.4, -0.2) is 35.6 Å². The molecule has 166 valence electrons. The van der Waals surface area contributed by atoms with Gasteiger partial charge >= 0.3 is 6.18 Å². The Bertz CT molecular complexity index is 968. The topological polar surface area (TPSA) is 58.6 Å². The summed E-state index contributed by atoms with van der Waals surface area (Å²) in [6, 6.07) is 9.07. The van der Waals surface area contributed by atoms with E-state index >= 15 is 0 Å². The maximum atomic E-state index is 13.7. The second-order valence-electron chi connectivity index (χ2n) is 6.89. The SMILES string of the molecule is CC(=O)Nc1cccc(OCCCN2C(=O)CSC2c2cc(F)ccc2C(F)(F)F)c1. The molecule has 2 aromatic rings. The first-order chi connectivity index (χ1) is 14.6. The number of carbonyl (C=O) groups is 2. The molecule has 1 heterocycles. The van der Waals surface area contributed by atoms with Gasteiger partial charge in [0.05, 0.1) is 17.9 Å². The van der Waals surface area contributed by atoms with Gasteiger partial charge < -0.3 is 15.0 Å². The smallest absolute Gasteiger partial charge is 0.416 e. The third kappa shape index (κ3) is 5.90. The molecule has 1 fully saturated rings. The fraction of sp³-hybridized carbons (Fsp3) is 0.333. The highest BCUT2D eigenvalue weighted by Gasteiger charge is 2.40. The van der Waals surface area contributed by atoms with E-state index in [4.69, 9.17) is 4.74 Å². The minimum Gasteiger partial charge on any atom is -0.493 e. The molecule has 31 heavy (non-hydrogen) atoms. The first-order valence-electron chi connectivity index (χ1n) is 9.43. The number of benzene rings is 2. The number of hydrogen-bond acceptors (Lipinski definition) is 4. The standard InChI is InChI=1S/C21H20F4N2O3S/c1-13(28)26-15-4-2-5-16(11-15)30-9-3-8-27-19(29)12-31-20(27)17-10-14(22)6-7-18(17)21(23,24)25/h2,4-7,10-11,20H,3,8-9,12H2,1H3,(H,26,28). The number of halogens is 4. The summed E-state index contributed by atoms with van der Waals surface area (Å²) in [5.41, 5.74) is -0.633. The summed E-state index contributed by atoms with van der Waals surface area (Å²) in [4.78, 5) is 24.7. The van der Waals surface area contributed by atoms with E-state index in [0.717, 1.165) is 23.9 Å². The Kier molecular flexibility index (Phi) is 7.09. The van der Waals surface area contributed by atoms with Crippen molar-refractivity contribution in [1.29, 1.82) is 0 Å². The summed E-state index contributed by atoms with van der Waals surface area (Å²) in [7, 11) is 0. The number of rotatable bonds is 7. The zero-order chi connectivity index (χ0) is 22.6. The van der Waals surface area contributed by atoms with Gasteiger partial charge in [0.2, 0.25) is 11.8 Å². The Hall–Kier alpha value is -2.75. The van der Waals surface area contributed by atoms with Crippen LogP contribution in [0.5, 0.6) is 5.75 Å². The second-order valence-corrected chi connectivity index (χ2v) is 7.96. The Balaban J connectivity index is 1.65. The number of hydrogen-bond donors (Lipinski definition) is 1. The third-order valence-electron chi connectivity index (χ3n) is 4.52. The van der Waals surface area contributed by atoms with Crippen LogP contribution in [-0.2, 0) is 15.8 Å². The molecule has 0 aliphatic carbocycles. The van der Waals surface area contributed by atoms with Gasteiger partial charge in [0.25, 0.3) is 0 Å². The quantitative estimate of drug-likeness (QED) is 0.478. The van der Waals surface area contributed by atoms with Crippen molar-refractivity contribution in [2.75, 3.05) is 24.2 Å². The van der Waals surface area contributed by atoms with Crippen molar-refractivity contribution in [2.45, 2.75) is 24.9 Å². The molecule has 3 rings (SSSR count). The lowest BCUT2D eigenvalue weighted by Gasteiger charge is -2.26. The highest BCUT2D eigenvalue weighted by atomic mass is 32.2. The molecule has 0 radical (unpaired) electrons. The first-order valence-corrected chi connectivity index (χ1v) is 10.5. The Morgan fingerprint density at radius 1 is 1.26 bits per heavy atom.